The van der Waals surface area contributed by atoms with Crippen LogP contribution in [0.25, 0.3) is 17.0 Å². The Bertz CT molecular complexity index is 1210. The van der Waals surface area contributed by atoms with Crippen molar-refractivity contribution in [2.75, 3.05) is 0 Å². The van der Waals surface area contributed by atoms with Crippen LogP contribution in [0.1, 0.15) is 44.0 Å². The molecule has 30 heavy (non-hydrogen) atoms. The smallest absolute Gasteiger partial charge is 0.236 e. The summed E-state index contributed by atoms with van der Waals surface area (Å²) in [6.45, 7) is 2.46. The molecule has 154 valence electrons. The van der Waals surface area contributed by atoms with Crippen molar-refractivity contribution < 1.29 is 9.13 Å². The zero-order chi connectivity index (χ0) is 20.7. The van der Waals surface area contributed by atoms with E-state index in [1.165, 1.54) is 12.4 Å². The predicted octanol–water partition coefficient (Wildman–Crippen LogP) is 3.47. The first kappa shape index (κ1) is 18.7. The summed E-state index contributed by atoms with van der Waals surface area (Å²) in [5.74, 6) is 1.15. The summed E-state index contributed by atoms with van der Waals surface area (Å²) in [4.78, 5) is 4.22. The number of ether oxygens (including phenoxy) is 1. The maximum atomic E-state index is 14.4. The summed E-state index contributed by atoms with van der Waals surface area (Å²) in [5.41, 5.74) is 1.87. The third kappa shape index (κ3) is 3.10. The predicted molar refractivity (Wildman–Crippen MR) is 107 cm³/mol. The van der Waals surface area contributed by atoms with E-state index >= 15 is 0 Å². The van der Waals surface area contributed by atoms with Crippen molar-refractivity contribution in [2.45, 2.75) is 44.6 Å². The third-order valence-corrected chi connectivity index (χ3v) is 5.97. The van der Waals surface area contributed by atoms with Gasteiger partial charge >= 0.3 is 0 Å². The molecule has 8 nitrogen and oxygen atoms in total. The first-order chi connectivity index (χ1) is 14.5. The first-order valence-electron chi connectivity index (χ1n) is 10.0. The van der Waals surface area contributed by atoms with Gasteiger partial charge < -0.3 is 4.74 Å². The molecular weight excluding hydrogens is 385 g/mol. The molecule has 5 rings (SSSR count). The molecule has 3 heterocycles. The Morgan fingerprint density at radius 3 is 2.70 bits per heavy atom. The average Bonchev–Trinajstić information content (AvgIpc) is 3.46. The Balaban J connectivity index is 1.63. The maximum absolute atomic E-state index is 14.4. The fourth-order valence-corrected chi connectivity index (χ4v) is 4.17. The lowest BCUT2D eigenvalue weighted by Gasteiger charge is -2.25. The molecule has 1 aliphatic carbocycles. The second kappa shape index (κ2) is 7.16. The Morgan fingerprint density at radius 1 is 1.17 bits per heavy atom. The van der Waals surface area contributed by atoms with Gasteiger partial charge in [-0.25, -0.2) is 9.37 Å². The number of nitrogens with zero attached hydrogens (tertiary/aromatic N) is 7. The highest BCUT2D eigenvalue weighted by molar-refractivity contribution is 5.60. The van der Waals surface area contributed by atoms with E-state index in [1.54, 1.807) is 27.4 Å². The van der Waals surface area contributed by atoms with Gasteiger partial charge in [-0.2, -0.15) is 9.61 Å². The highest BCUT2D eigenvalue weighted by Gasteiger charge is 2.35. The second-order valence-electron chi connectivity index (χ2n) is 7.99. The van der Waals surface area contributed by atoms with Gasteiger partial charge in [-0.3, -0.25) is 4.68 Å². The lowest BCUT2D eigenvalue weighted by molar-refractivity contribution is 0.263. The molecule has 1 aromatic carbocycles. The summed E-state index contributed by atoms with van der Waals surface area (Å²) in [5, 5.41) is 17.3. The van der Waals surface area contributed by atoms with Crippen LogP contribution in [-0.4, -0.2) is 34.6 Å². The van der Waals surface area contributed by atoms with E-state index in [9.17, 15) is 4.39 Å². The summed E-state index contributed by atoms with van der Waals surface area (Å²) >= 11 is 0. The van der Waals surface area contributed by atoms with Crippen LogP contribution in [-0.2, 0) is 19.1 Å². The number of halogens is 1. The molecule has 0 aliphatic heterocycles. The van der Waals surface area contributed by atoms with Crippen LogP contribution in [0.4, 0.5) is 4.39 Å². The molecule has 0 bridgehead atoms. The zero-order valence-electron chi connectivity index (χ0n) is 16.9. The van der Waals surface area contributed by atoms with Gasteiger partial charge in [-0.1, -0.05) is 31.9 Å². The summed E-state index contributed by atoms with van der Waals surface area (Å²) in [6.07, 6.45) is 5.93. The molecule has 0 atom stereocenters. The monoisotopic (exact) mass is 407 g/mol. The van der Waals surface area contributed by atoms with Gasteiger partial charge in [0.25, 0.3) is 0 Å². The van der Waals surface area contributed by atoms with Crippen LogP contribution in [0, 0.1) is 5.82 Å². The van der Waals surface area contributed by atoms with E-state index in [1.807, 2.05) is 13.1 Å². The SMILES string of the molecule is Cn1ncnc1COc1nn2c(-c3ccccc3F)nnc2cc1C1(C)CCCC1. The van der Waals surface area contributed by atoms with Crippen LogP contribution in [0.15, 0.2) is 36.7 Å². The van der Waals surface area contributed by atoms with Gasteiger partial charge in [0.15, 0.2) is 17.3 Å². The molecular formula is C21H22FN7O. The zero-order valence-corrected chi connectivity index (χ0v) is 16.9. The van der Waals surface area contributed by atoms with Gasteiger partial charge in [-0.15, -0.1) is 15.3 Å². The van der Waals surface area contributed by atoms with Crippen molar-refractivity contribution in [1.29, 1.82) is 0 Å². The molecule has 0 saturated heterocycles. The minimum Gasteiger partial charge on any atom is -0.468 e. The summed E-state index contributed by atoms with van der Waals surface area (Å²) in [6, 6.07) is 8.44. The molecule has 9 heteroatoms. The number of hydrogen-bond donors (Lipinski definition) is 0. The van der Waals surface area contributed by atoms with E-state index in [4.69, 9.17) is 9.84 Å². The van der Waals surface area contributed by atoms with Crippen molar-refractivity contribution in [2.24, 2.45) is 7.05 Å². The van der Waals surface area contributed by atoms with Gasteiger partial charge in [0.1, 0.15) is 18.8 Å². The van der Waals surface area contributed by atoms with Crippen molar-refractivity contribution in [3.05, 3.63) is 53.9 Å². The number of hydrogen-bond acceptors (Lipinski definition) is 6. The van der Waals surface area contributed by atoms with Crippen LogP contribution in [0.2, 0.25) is 0 Å². The average molecular weight is 407 g/mol. The lowest BCUT2D eigenvalue weighted by atomic mass is 9.81. The molecule has 4 aromatic rings. The number of aromatic nitrogens is 7. The second-order valence-corrected chi connectivity index (χ2v) is 7.99. The fraction of sp³-hybridized carbons (Fsp3) is 0.381. The summed E-state index contributed by atoms with van der Waals surface area (Å²) in [7, 11) is 1.82. The summed E-state index contributed by atoms with van der Waals surface area (Å²) < 4.78 is 23.7. The largest absolute Gasteiger partial charge is 0.468 e. The van der Waals surface area contributed by atoms with Gasteiger partial charge in [-0.05, 0) is 36.5 Å². The Kier molecular flexibility index (Phi) is 4.45. The van der Waals surface area contributed by atoms with Crippen LogP contribution < -0.4 is 4.74 Å². The van der Waals surface area contributed by atoms with E-state index in [2.05, 4.69) is 27.2 Å². The van der Waals surface area contributed by atoms with Crippen molar-refractivity contribution in [3.63, 3.8) is 0 Å². The standard InChI is InChI=1S/C21H22FN7O/c1-21(9-5-6-10-21)15-11-17-25-26-19(14-7-3-4-8-16(14)22)29(17)27-20(15)30-12-18-23-13-24-28(18)2/h3-4,7-8,11,13H,5-6,9-10,12H2,1-2H3. The van der Waals surface area contributed by atoms with Gasteiger partial charge in [0, 0.05) is 12.6 Å². The van der Waals surface area contributed by atoms with Crippen LogP contribution in [0.5, 0.6) is 5.88 Å². The van der Waals surface area contributed by atoms with E-state index < -0.39 is 0 Å². The maximum Gasteiger partial charge on any atom is 0.236 e. The Morgan fingerprint density at radius 2 is 1.97 bits per heavy atom. The highest BCUT2D eigenvalue weighted by atomic mass is 19.1. The van der Waals surface area contributed by atoms with Crippen molar-refractivity contribution in [3.8, 4) is 17.3 Å². The molecule has 0 spiro atoms. The minimum atomic E-state index is -0.373. The molecule has 1 aliphatic rings. The fourth-order valence-electron chi connectivity index (χ4n) is 4.17. The third-order valence-electron chi connectivity index (χ3n) is 5.97. The highest BCUT2D eigenvalue weighted by Crippen LogP contribution is 2.44. The van der Waals surface area contributed by atoms with Gasteiger partial charge in [0.2, 0.25) is 5.88 Å². The molecule has 0 radical (unpaired) electrons. The lowest BCUT2D eigenvalue weighted by Crippen LogP contribution is -2.20. The Labute approximate surface area is 172 Å². The first-order valence-corrected chi connectivity index (χ1v) is 10.0. The molecule has 0 N–H and O–H groups in total. The molecule has 1 saturated carbocycles. The van der Waals surface area contributed by atoms with Crippen molar-refractivity contribution >= 4 is 5.65 Å². The molecule has 0 unspecified atom stereocenters. The number of aryl methyl sites for hydroxylation is 1. The molecule has 3 aromatic heterocycles. The topological polar surface area (TPSA) is 83.0 Å². The molecule has 1 fully saturated rings. The molecule has 0 amide bonds. The van der Waals surface area contributed by atoms with E-state index in [-0.39, 0.29) is 17.8 Å². The van der Waals surface area contributed by atoms with E-state index in [0.29, 0.717) is 28.7 Å². The number of fused-ring (bicyclic) bond motifs is 1. The van der Waals surface area contributed by atoms with Crippen LogP contribution in [0.3, 0.4) is 0 Å². The normalized spacial score (nSPS) is 15.7. The minimum absolute atomic E-state index is 0.0475. The van der Waals surface area contributed by atoms with E-state index in [0.717, 1.165) is 31.2 Å². The Hall–Kier alpha value is -3.36. The van der Waals surface area contributed by atoms with Crippen molar-refractivity contribution in [1.82, 2.24) is 34.6 Å². The number of benzene rings is 1. The van der Waals surface area contributed by atoms with Gasteiger partial charge in [0.05, 0.1) is 5.56 Å². The number of rotatable bonds is 5. The van der Waals surface area contributed by atoms with Crippen LogP contribution >= 0.6 is 0 Å². The quantitative estimate of drug-likeness (QED) is 0.504.